The molecule has 0 spiro atoms. The number of anilines is 1. The fourth-order valence-electron chi connectivity index (χ4n) is 2.43. The van der Waals surface area contributed by atoms with Gasteiger partial charge in [-0.3, -0.25) is 0 Å². The zero-order valence-electron chi connectivity index (χ0n) is 11.7. The summed E-state index contributed by atoms with van der Waals surface area (Å²) in [7, 11) is -0.760. The van der Waals surface area contributed by atoms with Crippen molar-refractivity contribution in [3.63, 3.8) is 0 Å². The molecular formula is C13H20N2O4S. The zero-order valence-corrected chi connectivity index (χ0v) is 12.5. The molecule has 2 rings (SSSR count). The van der Waals surface area contributed by atoms with Crippen molar-refractivity contribution >= 4 is 15.7 Å². The highest BCUT2D eigenvalue weighted by Gasteiger charge is 2.26. The first kappa shape index (κ1) is 14.9. The van der Waals surface area contributed by atoms with Crippen LogP contribution >= 0.6 is 0 Å². The third-order valence-electron chi connectivity index (χ3n) is 3.48. The fourth-order valence-corrected chi connectivity index (χ4v) is 3.92. The summed E-state index contributed by atoms with van der Waals surface area (Å²) in [4.78, 5) is 0.0465. The summed E-state index contributed by atoms with van der Waals surface area (Å²) < 4.78 is 37.8. The number of ether oxygens (including phenoxy) is 2. The fraction of sp³-hybridized carbons (Fsp3) is 0.538. The van der Waals surface area contributed by atoms with Gasteiger partial charge in [0.15, 0.2) is 0 Å². The lowest BCUT2D eigenvalue weighted by molar-refractivity contribution is 0.387. The first-order valence-corrected chi connectivity index (χ1v) is 8.00. The predicted molar refractivity (Wildman–Crippen MR) is 76.5 cm³/mol. The molecule has 20 heavy (non-hydrogen) atoms. The van der Waals surface area contributed by atoms with E-state index in [-0.39, 0.29) is 22.4 Å². The van der Waals surface area contributed by atoms with Crippen molar-refractivity contribution in [2.45, 2.75) is 36.6 Å². The smallest absolute Gasteiger partial charge is 0.244 e. The van der Waals surface area contributed by atoms with Crippen molar-refractivity contribution in [3.8, 4) is 11.5 Å². The first-order chi connectivity index (χ1) is 9.47. The number of hydrogen-bond donors (Lipinski definition) is 2. The lowest BCUT2D eigenvalue weighted by atomic mass is 10.3. The summed E-state index contributed by atoms with van der Waals surface area (Å²) in [6.45, 7) is 0. The molecule has 0 atom stereocenters. The molecule has 0 unspecified atom stereocenters. The molecule has 1 aromatic carbocycles. The van der Waals surface area contributed by atoms with E-state index in [2.05, 4.69) is 4.72 Å². The quantitative estimate of drug-likeness (QED) is 0.804. The van der Waals surface area contributed by atoms with Crippen LogP contribution < -0.4 is 19.9 Å². The number of rotatable bonds is 5. The van der Waals surface area contributed by atoms with Gasteiger partial charge in [0.25, 0.3) is 0 Å². The Labute approximate surface area is 119 Å². The maximum absolute atomic E-state index is 12.4. The highest BCUT2D eigenvalue weighted by Crippen LogP contribution is 2.34. The number of nitrogens with two attached hydrogens (primary N) is 1. The predicted octanol–water partition coefficient (Wildman–Crippen LogP) is 1.51. The molecule has 1 aromatic rings. The van der Waals surface area contributed by atoms with Crippen LogP contribution in [0.15, 0.2) is 17.0 Å². The third-order valence-corrected chi connectivity index (χ3v) is 5.02. The van der Waals surface area contributed by atoms with Crippen molar-refractivity contribution in [1.82, 2.24) is 4.72 Å². The van der Waals surface area contributed by atoms with E-state index in [9.17, 15) is 8.42 Å². The minimum atomic E-state index is -3.64. The summed E-state index contributed by atoms with van der Waals surface area (Å²) in [6.07, 6.45) is 3.84. The maximum Gasteiger partial charge on any atom is 0.244 e. The van der Waals surface area contributed by atoms with E-state index >= 15 is 0 Å². The molecule has 7 heteroatoms. The molecule has 0 amide bonds. The monoisotopic (exact) mass is 300 g/mol. The molecule has 1 fully saturated rings. The van der Waals surface area contributed by atoms with Crippen LogP contribution in [0.4, 0.5) is 5.69 Å². The maximum atomic E-state index is 12.4. The highest BCUT2D eigenvalue weighted by molar-refractivity contribution is 7.89. The Morgan fingerprint density at radius 1 is 1.15 bits per heavy atom. The second-order valence-corrected chi connectivity index (χ2v) is 6.53. The van der Waals surface area contributed by atoms with Gasteiger partial charge in [-0.1, -0.05) is 12.8 Å². The van der Waals surface area contributed by atoms with E-state index in [4.69, 9.17) is 15.2 Å². The summed E-state index contributed by atoms with van der Waals surface area (Å²) in [6, 6.07) is 2.85. The first-order valence-electron chi connectivity index (χ1n) is 6.51. The number of benzene rings is 1. The summed E-state index contributed by atoms with van der Waals surface area (Å²) >= 11 is 0. The molecule has 1 aliphatic carbocycles. The van der Waals surface area contributed by atoms with Gasteiger partial charge in [-0.05, 0) is 18.9 Å². The molecule has 112 valence electrons. The van der Waals surface area contributed by atoms with E-state index in [0.717, 1.165) is 25.7 Å². The number of nitrogens with one attached hydrogen (secondary N) is 1. The lowest BCUT2D eigenvalue weighted by Crippen LogP contribution is -2.32. The Balaban J connectivity index is 2.36. The van der Waals surface area contributed by atoms with Crippen LogP contribution in [0.2, 0.25) is 0 Å². The number of nitrogen functional groups attached to an aromatic ring is 1. The van der Waals surface area contributed by atoms with Crippen LogP contribution in [0.1, 0.15) is 25.7 Å². The molecule has 0 radical (unpaired) electrons. The van der Waals surface area contributed by atoms with Crippen LogP contribution in [-0.2, 0) is 10.0 Å². The Morgan fingerprint density at radius 3 is 2.30 bits per heavy atom. The molecule has 0 heterocycles. The Morgan fingerprint density at radius 2 is 1.75 bits per heavy atom. The Hall–Kier alpha value is -1.47. The normalized spacial score (nSPS) is 16.3. The van der Waals surface area contributed by atoms with Gasteiger partial charge in [-0.2, -0.15) is 0 Å². The second-order valence-electron chi connectivity index (χ2n) is 4.85. The SMILES string of the molecule is COc1cc(OC)c(S(=O)(=O)NC2CCCC2)cc1N. The van der Waals surface area contributed by atoms with Gasteiger partial charge in [0, 0.05) is 12.1 Å². The van der Waals surface area contributed by atoms with Crippen LogP contribution in [0.5, 0.6) is 11.5 Å². The van der Waals surface area contributed by atoms with Crippen LogP contribution in [-0.4, -0.2) is 28.7 Å². The van der Waals surface area contributed by atoms with Crippen molar-refractivity contribution in [2.24, 2.45) is 0 Å². The third kappa shape index (κ3) is 2.99. The van der Waals surface area contributed by atoms with Crippen LogP contribution in [0.25, 0.3) is 0 Å². The molecular weight excluding hydrogens is 280 g/mol. The topological polar surface area (TPSA) is 90.6 Å². The molecule has 0 aromatic heterocycles. The van der Waals surface area contributed by atoms with Crippen molar-refractivity contribution < 1.29 is 17.9 Å². The van der Waals surface area contributed by atoms with Crippen molar-refractivity contribution in [2.75, 3.05) is 20.0 Å². The largest absolute Gasteiger partial charge is 0.495 e. The van der Waals surface area contributed by atoms with E-state index in [0.29, 0.717) is 5.75 Å². The van der Waals surface area contributed by atoms with E-state index < -0.39 is 10.0 Å². The van der Waals surface area contributed by atoms with E-state index in [1.54, 1.807) is 0 Å². The van der Waals surface area contributed by atoms with Gasteiger partial charge in [0.05, 0.1) is 19.9 Å². The average Bonchev–Trinajstić information content (AvgIpc) is 2.90. The number of hydrogen-bond acceptors (Lipinski definition) is 5. The van der Waals surface area contributed by atoms with E-state index in [1.807, 2.05) is 0 Å². The van der Waals surface area contributed by atoms with Gasteiger partial charge in [-0.25, -0.2) is 13.1 Å². The van der Waals surface area contributed by atoms with E-state index in [1.165, 1.54) is 26.4 Å². The number of sulfonamides is 1. The molecule has 1 saturated carbocycles. The lowest BCUT2D eigenvalue weighted by Gasteiger charge is -2.16. The number of methoxy groups -OCH3 is 2. The minimum absolute atomic E-state index is 0.00645. The second kappa shape index (κ2) is 5.88. The Bertz CT molecular complexity index is 580. The molecule has 0 aliphatic heterocycles. The molecule has 6 nitrogen and oxygen atoms in total. The minimum Gasteiger partial charge on any atom is -0.495 e. The van der Waals surface area contributed by atoms with Crippen molar-refractivity contribution in [3.05, 3.63) is 12.1 Å². The Kier molecular flexibility index (Phi) is 4.39. The van der Waals surface area contributed by atoms with Gasteiger partial charge in [-0.15, -0.1) is 0 Å². The van der Waals surface area contributed by atoms with Gasteiger partial charge in [0.2, 0.25) is 10.0 Å². The molecule has 0 saturated heterocycles. The zero-order chi connectivity index (χ0) is 14.8. The summed E-state index contributed by atoms with van der Waals surface area (Å²) in [5, 5.41) is 0. The van der Waals surface area contributed by atoms with Gasteiger partial charge >= 0.3 is 0 Å². The van der Waals surface area contributed by atoms with Crippen molar-refractivity contribution in [1.29, 1.82) is 0 Å². The average molecular weight is 300 g/mol. The molecule has 1 aliphatic rings. The molecule has 0 bridgehead atoms. The van der Waals surface area contributed by atoms with Crippen LogP contribution in [0.3, 0.4) is 0 Å². The molecule has 3 N–H and O–H groups in total. The van der Waals surface area contributed by atoms with Gasteiger partial charge in [0.1, 0.15) is 16.4 Å². The standard InChI is InChI=1S/C13H20N2O4S/c1-18-11-8-12(19-2)13(7-10(11)14)20(16,17)15-9-5-3-4-6-9/h7-9,15H,3-6,14H2,1-2H3. The summed E-state index contributed by atoms with van der Waals surface area (Å²) in [5.74, 6) is 0.614. The van der Waals surface area contributed by atoms with Gasteiger partial charge < -0.3 is 15.2 Å². The summed E-state index contributed by atoms with van der Waals surface area (Å²) in [5.41, 5.74) is 6.05. The highest BCUT2D eigenvalue weighted by atomic mass is 32.2. The van der Waals surface area contributed by atoms with Crippen LogP contribution in [0, 0.1) is 0 Å².